The molecule has 0 amide bonds. The molecular weight excluding hydrogens is 272 g/mol. The van der Waals surface area contributed by atoms with Gasteiger partial charge in [-0.25, -0.2) is 8.78 Å². The van der Waals surface area contributed by atoms with Crippen LogP contribution < -0.4 is 10.1 Å². The van der Waals surface area contributed by atoms with Crippen molar-refractivity contribution in [3.05, 3.63) is 59.2 Å². The van der Waals surface area contributed by atoms with Crippen molar-refractivity contribution in [2.45, 2.75) is 26.8 Å². The molecule has 0 aliphatic heterocycles. The molecule has 4 heteroatoms. The van der Waals surface area contributed by atoms with E-state index in [9.17, 15) is 8.78 Å². The number of rotatable bonds is 5. The van der Waals surface area contributed by atoms with Gasteiger partial charge in [0.25, 0.3) is 0 Å². The molecule has 0 fully saturated rings. The Bertz CT molecular complexity index is 611. The Morgan fingerprint density at radius 2 is 1.76 bits per heavy atom. The fourth-order valence-electron chi connectivity index (χ4n) is 2.14. The van der Waals surface area contributed by atoms with Crippen molar-refractivity contribution in [3.63, 3.8) is 0 Å². The second-order valence-electron chi connectivity index (χ2n) is 4.95. The van der Waals surface area contributed by atoms with E-state index < -0.39 is 11.6 Å². The first-order chi connectivity index (χ1) is 10.0. The van der Waals surface area contributed by atoms with Crippen LogP contribution in [0.25, 0.3) is 0 Å². The Labute approximate surface area is 123 Å². The van der Waals surface area contributed by atoms with E-state index in [1.54, 1.807) is 13.8 Å². The molecule has 21 heavy (non-hydrogen) atoms. The van der Waals surface area contributed by atoms with Crippen molar-refractivity contribution in [1.29, 1.82) is 0 Å². The fourth-order valence-corrected chi connectivity index (χ4v) is 2.14. The lowest BCUT2D eigenvalue weighted by Gasteiger charge is -2.17. The van der Waals surface area contributed by atoms with E-state index in [0.29, 0.717) is 17.7 Å². The van der Waals surface area contributed by atoms with E-state index in [4.69, 9.17) is 4.74 Å². The summed E-state index contributed by atoms with van der Waals surface area (Å²) in [5.41, 5.74) is 1.45. The smallest absolute Gasteiger partial charge is 0.128 e. The summed E-state index contributed by atoms with van der Waals surface area (Å²) in [5, 5.41) is 3.15. The van der Waals surface area contributed by atoms with E-state index in [2.05, 4.69) is 5.32 Å². The third kappa shape index (κ3) is 3.72. The molecule has 1 unspecified atom stereocenters. The van der Waals surface area contributed by atoms with Crippen molar-refractivity contribution in [2.75, 3.05) is 11.9 Å². The summed E-state index contributed by atoms with van der Waals surface area (Å²) in [4.78, 5) is 0. The number of hydrogen-bond donors (Lipinski definition) is 1. The molecule has 0 aliphatic rings. The molecule has 1 N–H and O–H groups in total. The van der Waals surface area contributed by atoms with Gasteiger partial charge in [-0.15, -0.1) is 0 Å². The molecule has 0 aliphatic carbocycles. The molecule has 0 bridgehead atoms. The Morgan fingerprint density at radius 1 is 1.10 bits per heavy atom. The number of halogens is 2. The highest BCUT2D eigenvalue weighted by Crippen LogP contribution is 2.25. The largest absolute Gasteiger partial charge is 0.494 e. The van der Waals surface area contributed by atoms with E-state index >= 15 is 0 Å². The molecule has 0 saturated carbocycles. The second-order valence-corrected chi connectivity index (χ2v) is 4.95. The summed E-state index contributed by atoms with van der Waals surface area (Å²) in [6, 6.07) is 9.51. The zero-order valence-corrected chi connectivity index (χ0v) is 12.4. The molecule has 0 radical (unpaired) electrons. The van der Waals surface area contributed by atoms with E-state index in [0.717, 1.165) is 11.4 Å². The van der Waals surface area contributed by atoms with Gasteiger partial charge in [-0.1, -0.05) is 0 Å². The Kier molecular flexibility index (Phi) is 4.78. The van der Waals surface area contributed by atoms with Gasteiger partial charge in [-0.05, 0) is 62.7 Å². The van der Waals surface area contributed by atoms with Crippen LogP contribution in [0.15, 0.2) is 36.4 Å². The summed E-state index contributed by atoms with van der Waals surface area (Å²) < 4.78 is 32.9. The van der Waals surface area contributed by atoms with E-state index in [-0.39, 0.29) is 6.04 Å². The summed E-state index contributed by atoms with van der Waals surface area (Å²) >= 11 is 0. The van der Waals surface area contributed by atoms with Gasteiger partial charge in [-0.3, -0.25) is 0 Å². The maximum absolute atomic E-state index is 13.9. The van der Waals surface area contributed by atoms with Crippen LogP contribution in [0.3, 0.4) is 0 Å². The first-order valence-corrected chi connectivity index (χ1v) is 6.96. The van der Waals surface area contributed by atoms with Crippen LogP contribution >= 0.6 is 0 Å². The second kappa shape index (κ2) is 6.57. The molecule has 2 aromatic rings. The Balaban J connectivity index is 2.14. The zero-order valence-electron chi connectivity index (χ0n) is 12.4. The van der Waals surface area contributed by atoms with Crippen LogP contribution in [0.4, 0.5) is 14.5 Å². The van der Waals surface area contributed by atoms with Crippen molar-refractivity contribution in [2.24, 2.45) is 0 Å². The summed E-state index contributed by atoms with van der Waals surface area (Å²) in [6.07, 6.45) is 0. The Morgan fingerprint density at radius 3 is 2.38 bits per heavy atom. The van der Waals surface area contributed by atoms with Crippen molar-refractivity contribution in [3.8, 4) is 5.75 Å². The first-order valence-electron chi connectivity index (χ1n) is 6.96. The molecule has 0 spiro atoms. The number of ether oxygens (including phenoxy) is 1. The quantitative estimate of drug-likeness (QED) is 0.850. The minimum atomic E-state index is -0.403. The van der Waals surface area contributed by atoms with Crippen molar-refractivity contribution >= 4 is 5.69 Å². The molecule has 2 aromatic carbocycles. The molecule has 2 nitrogen and oxygen atoms in total. The number of aryl methyl sites for hydroxylation is 1. The van der Waals surface area contributed by atoms with Crippen LogP contribution in [-0.2, 0) is 0 Å². The molecule has 1 atom stereocenters. The molecule has 0 heterocycles. The first kappa shape index (κ1) is 15.3. The minimum absolute atomic E-state index is 0.310. The average Bonchev–Trinajstić information content (AvgIpc) is 2.45. The fraction of sp³-hybridized carbons (Fsp3) is 0.294. The highest BCUT2D eigenvalue weighted by atomic mass is 19.1. The van der Waals surface area contributed by atoms with Crippen LogP contribution in [-0.4, -0.2) is 6.61 Å². The van der Waals surface area contributed by atoms with Crippen LogP contribution in [0.2, 0.25) is 0 Å². The van der Waals surface area contributed by atoms with Gasteiger partial charge in [-0.2, -0.15) is 0 Å². The lowest BCUT2D eigenvalue weighted by atomic mass is 10.0. The maximum atomic E-state index is 13.9. The van der Waals surface area contributed by atoms with Crippen LogP contribution in [0, 0.1) is 18.6 Å². The van der Waals surface area contributed by atoms with Gasteiger partial charge >= 0.3 is 0 Å². The SMILES string of the molecule is CCOc1ccc(NC(C)c2cc(F)c(C)cc2F)cc1. The predicted octanol–water partition coefficient (Wildman–Crippen LogP) is 4.85. The number of benzene rings is 2. The van der Waals surface area contributed by atoms with Gasteiger partial charge in [0.1, 0.15) is 17.4 Å². The van der Waals surface area contributed by atoms with Gasteiger partial charge < -0.3 is 10.1 Å². The number of anilines is 1. The predicted molar refractivity (Wildman–Crippen MR) is 80.7 cm³/mol. The van der Waals surface area contributed by atoms with Gasteiger partial charge in [0.2, 0.25) is 0 Å². The number of nitrogens with one attached hydrogen (secondary N) is 1. The van der Waals surface area contributed by atoms with Gasteiger partial charge in [0.15, 0.2) is 0 Å². The zero-order chi connectivity index (χ0) is 15.4. The van der Waals surface area contributed by atoms with Crippen LogP contribution in [0.1, 0.15) is 31.0 Å². The van der Waals surface area contributed by atoms with E-state index in [1.807, 2.05) is 31.2 Å². The van der Waals surface area contributed by atoms with Crippen LogP contribution in [0.5, 0.6) is 5.75 Å². The summed E-state index contributed by atoms with van der Waals surface area (Å²) in [7, 11) is 0. The topological polar surface area (TPSA) is 21.3 Å². The van der Waals surface area contributed by atoms with E-state index in [1.165, 1.54) is 12.1 Å². The van der Waals surface area contributed by atoms with Crippen molar-refractivity contribution in [1.82, 2.24) is 0 Å². The monoisotopic (exact) mass is 291 g/mol. The standard InChI is InChI=1S/C17H19F2NO/c1-4-21-14-7-5-13(6-8-14)20-12(3)15-10-16(18)11(2)9-17(15)19/h5-10,12,20H,4H2,1-3H3. The normalized spacial score (nSPS) is 12.0. The minimum Gasteiger partial charge on any atom is -0.494 e. The molecule has 0 saturated heterocycles. The Hall–Kier alpha value is -2.10. The highest BCUT2D eigenvalue weighted by molar-refractivity contribution is 5.48. The summed E-state index contributed by atoms with van der Waals surface area (Å²) in [6.45, 7) is 5.87. The molecule has 112 valence electrons. The third-order valence-electron chi connectivity index (χ3n) is 3.29. The lowest BCUT2D eigenvalue weighted by Crippen LogP contribution is -2.09. The maximum Gasteiger partial charge on any atom is 0.128 e. The lowest BCUT2D eigenvalue weighted by molar-refractivity contribution is 0.340. The summed E-state index contributed by atoms with van der Waals surface area (Å²) in [5.74, 6) is -0.0187. The molecular formula is C17H19F2NO. The molecule has 0 aromatic heterocycles. The van der Waals surface area contributed by atoms with Gasteiger partial charge in [0, 0.05) is 11.3 Å². The van der Waals surface area contributed by atoms with Crippen molar-refractivity contribution < 1.29 is 13.5 Å². The molecule has 2 rings (SSSR count). The average molecular weight is 291 g/mol. The highest BCUT2D eigenvalue weighted by Gasteiger charge is 2.13. The third-order valence-corrected chi connectivity index (χ3v) is 3.29. The number of hydrogen-bond acceptors (Lipinski definition) is 2. The van der Waals surface area contributed by atoms with Gasteiger partial charge in [0.05, 0.1) is 12.6 Å².